The first-order valence-electron chi connectivity index (χ1n) is 9.38. The molecule has 5 rings (SSSR count). The van der Waals surface area contributed by atoms with Gasteiger partial charge in [0.2, 0.25) is 12.0 Å². The molecule has 0 bridgehead atoms. The lowest BCUT2D eigenvalue weighted by molar-refractivity contribution is -0.114. The summed E-state index contributed by atoms with van der Waals surface area (Å²) in [4.78, 5) is 16.7. The first-order chi connectivity index (χ1) is 15.2. The predicted octanol–water partition coefficient (Wildman–Crippen LogP) is 3.80. The van der Waals surface area contributed by atoms with Crippen molar-refractivity contribution in [3.05, 3.63) is 59.7 Å². The molecule has 10 heteroatoms. The van der Waals surface area contributed by atoms with Gasteiger partial charge in [-0.05, 0) is 47.7 Å². The zero-order valence-corrected chi connectivity index (χ0v) is 17.7. The Morgan fingerprint density at radius 2 is 2.03 bits per heavy atom. The molecule has 0 radical (unpaired) electrons. The maximum Gasteiger partial charge on any atom is 0.283 e. The summed E-state index contributed by atoms with van der Waals surface area (Å²) in [6, 6.07) is 14.9. The maximum atomic E-state index is 12.5. The largest absolute Gasteiger partial charge is 0.493 e. The quantitative estimate of drug-likeness (QED) is 0.544. The van der Waals surface area contributed by atoms with E-state index in [2.05, 4.69) is 10.1 Å². The Morgan fingerprint density at radius 1 is 1.19 bits per heavy atom. The second-order valence-electron chi connectivity index (χ2n) is 6.51. The Bertz CT molecular complexity index is 1150. The zero-order valence-electron chi connectivity index (χ0n) is 16.1. The van der Waals surface area contributed by atoms with E-state index in [4.69, 9.17) is 19.6 Å². The molecule has 3 aliphatic rings. The van der Waals surface area contributed by atoms with E-state index in [1.165, 1.54) is 28.5 Å². The molecule has 31 heavy (non-hydrogen) atoms. The average molecular weight is 453 g/mol. The van der Waals surface area contributed by atoms with Crippen molar-refractivity contribution < 1.29 is 19.0 Å². The number of aliphatic imine (C=N–C) groups is 1. The molecule has 0 fully saturated rings. The third-order valence-electron chi connectivity index (χ3n) is 4.46. The second-order valence-corrected chi connectivity index (χ2v) is 8.81. The van der Waals surface area contributed by atoms with Crippen LogP contribution in [0.4, 0.5) is 0 Å². The van der Waals surface area contributed by atoms with Gasteiger partial charge in [0.25, 0.3) is 5.91 Å². The number of carbonyl (C=O) groups excluding carboxylic acids is 1. The highest BCUT2D eigenvalue weighted by atomic mass is 32.2. The molecule has 3 heterocycles. The molecule has 0 unspecified atom stereocenters. The smallest absolute Gasteiger partial charge is 0.283 e. The number of nitrogens with zero attached hydrogens (tertiary/aromatic N) is 3. The summed E-state index contributed by atoms with van der Waals surface area (Å²) in [6.07, 6.45) is 1.62. The van der Waals surface area contributed by atoms with E-state index in [0.717, 1.165) is 15.7 Å². The summed E-state index contributed by atoms with van der Waals surface area (Å²) in [5.41, 5.74) is 0.894. The van der Waals surface area contributed by atoms with Gasteiger partial charge in [0.1, 0.15) is 5.75 Å². The van der Waals surface area contributed by atoms with Gasteiger partial charge in [0.15, 0.2) is 21.7 Å². The van der Waals surface area contributed by atoms with Crippen LogP contribution >= 0.6 is 23.5 Å². The van der Waals surface area contributed by atoms with E-state index in [9.17, 15) is 4.79 Å². The standard InChI is InChI=1S/C21H16N4O4S2/c22-18-15(10-13-6-7-16-17(11-13)29-12-28-16)19(26)23-20-25(18)24-21(31-20)30-9-8-27-14-4-2-1-3-5-14/h1-7,10-11,22H,8-9,12H2/b15-10+,22-18?. The highest BCUT2D eigenvalue weighted by Crippen LogP contribution is 2.35. The number of fused-ring (bicyclic) bond motifs is 2. The highest BCUT2D eigenvalue weighted by Gasteiger charge is 2.35. The summed E-state index contributed by atoms with van der Waals surface area (Å²) in [5, 5.41) is 14.7. The number of hydrogen-bond donors (Lipinski definition) is 1. The molecule has 0 saturated heterocycles. The van der Waals surface area contributed by atoms with Crippen molar-refractivity contribution in [1.82, 2.24) is 5.01 Å². The van der Waals surface area contributed by atoms with Crippen molar-refractivity contribution in [3.8, 4) is 17.2 Å². The second kappa shape index (κ2) is 8.48. The minimum absolute atomic E-state index is 0.00342. The molecule has 156 valence electrons. The Labute approximate surface area is 186 Å². The van der Waals surface area contributed by atoms with Crippen LogP contribution in [0.5, 0.6) is 17.2 Å². The normalized spacial score (nSPS) is 18.2. The fourth-order valence-corrected chi connectivity index (χ4v) is 4.82. The van der Waals surface area contributed by atoms with Crippen LogP contribution in [-0.4, -0.2) is 45.4 Å². The maximum absolute atomic E-state index is 12.5. The van der Waals surface area contributed by atoms with Crippen LogP contribution in [0.25, 0.3) is 6.08 Å². The lowest BCUT2D eigenvalue weighted by atomic mass is 10.1. The van der Waals surface area contributed by atoms with Crippen LogP contribution in [0, 0.1) is 5.41 Å². The molecule has 1 amide bonds. The summed E-state index contributed by atoms with van der Waals surface area (Å²) < 4.78 is 17.1. The van der Waals surface area contributed by atoms with Gasteiger partial charge < -0.3 is 14.2 Å². The van der Waals surface area contributed by atoms with E-state index in [1.807, 2.05) is 30.3 Å². The minimum Gasteiger partial charge on any atom is -0.493 e. The van der Waals surface area contributed by atoms with Gasteiger partial charge in [-0.25, -0.2) is 0 Å². The minimum atomic E-state index is -0.463. The van der Waals surface area contributed by atoms with Crippen molar-refractivity contribution in [1.29, 1.82) is 5.41 Å². The van der Waals surface area contributed by atoms with Gasteiger partial charge in [0, 0.05) is 5.75 Å². The number of nitrogens with one attached hydrogen (secondary N) is 1. The molecular weight excluding hydrogens is 436 g/mol. The van der Waals surface area contributed by atoms with Gasteiger partial charge in [-0.15, -0.1) is 5.10 Å². The predicted molar refractivity (Wildman–Crippen MR) is 122 cm³/mol. The number of hydrogen-bond acceptors (Lipinski definition) is 8. The lowest BCUT2D eigenvalue weighted by Crippen LogP contribution is -2.35. The Hall–Kier alpha value is -3.24. The van der Waals surface area contributed by atoms with E-state index in [1.54, 1.807) is 24.3 Å². The van der Waals surface area contributed by atoms with Gasteiger partial charge in [0.05, 0.1) is 12.2 Å². The molecule has 0 aliphatic carbocycles. The molecule has 1 N–H and O–H groups in total. The lowest BCUT2D eigenvalue weighted by Gasteiger charge is -2.20. The van der Waals surface area contributed by atoms with Gasteiger partial charge in [-0.3, -0.25) is 10.2 Å². The van der Waals surface area contributed by atoms with Crippen LogP contribution in [0.3, 0.4) is 0 Å². The monoisotopic (exact) mass is 452 g/mol. The Kier molecular flexibility index (Phi) is 5.39. The van der Waals surface area contributed by atoms with E-state index in [0.29, 0.717) is 29.0 Å². The third-order valence-corrected chi connectivity index (χ3v) is 6.47. The zero-order chi connectivity index (χ0) is 21.2. The number of amidine groups is 2. The number of rotatable bonds is 5. The number of benzene rings is 2. The Morgan fingerprint density at radius 3 is 2.90 bits per heavy atom. The fraction of sp³-hybridized carbons (Fsp3) is 0.143. The van der Waals surface area contributed by atoms with Gasteiger partial charge in [-0.1, -0.05) is 36.0 Å². The number of para-hydroxylation sites is 1. The molecule has 0 saturated carbocycles. The van der Waals surface area contributed by atoms with Crippen LogP contribution in [0.15, 0.2) is 64.2 Å². The Balaban J connectivity index is 1.25. The van der Waals surface area contributed by atoms with Gasteiger partial charge >= 0.3 is 0 Å². The molecule has 0 spiro atoms. The van der Waals surface area contributed by atoms with Crippen molar-refractivity contribution >= 4 is 50.9 Å². The van der Waals surface area contributed by atoms with Crippen molar-refractivity contribution in [2.75, 3.05) is 19.2 Å². The summed E-state index contributed by atoms with van der Waals surface area (Å²) in [7, 11) is 0. The van der Waals surface area contributed by atoms with Crippen molar-refractivity contribution in [2.45, 2.75) is 0 Å². The van der Waals surface area contributed by atoms with Crippen LogP contribution in [0.1, 0.15) is 5.56 Å². The third kappa shape index (κ3) is 4.17. The molecule has 3 aliphatic heterocycles. The first kappa shape index (κ1) is 19.7. The molecule has 2 aromatic carbocycles. The number of carbonyl (C=O) groups is 1. The number of thioether (sulfide) groups is 2. The molecule has 8 nitrogen and oxygen atoms in total. The van der Waals surface area contributed by atoms with E-state index >= 15 is 0 Å². The summed E-state index contributed by atoms with van der Waals surface area (Å²) in [5.74, 6) is 2.30. The van der Waals surface area contributed by atoms with Gasteiger partial charge in [-0.2, -0.15) is 10.0 Å². The van der Waals surface area contributed by atoms with Crippen LogP contribution in [-0.2, 0) is 4.79 Å². The van der Waals surface area contributed by atoms with Crippen LogP contribution in [0.2, 0.25) is 0 Å². The summed E-state index contributed by atoms with van der Waals surface area (Å²) >= 11 is 2.78. The van der Waals surface area contributed by atoms with Crippen molar-refractivity contribution in [2.24, 2.45) is 10.1 Å². The number of amides is 1. The number of hydrazone groups is 1. The number of ether oxygens (including phenoxy) is 3. The van der Waals surface area contributed by atoms with Crippen LogP contribution < -0.4 is 14.2 Å². The summed E-state index contributed by atoms with van der Waals surface area (Å²) in [6.45, 7) is 0.695. The fourth-order valence-electron chi connectivity index (χ4n) is 3.01. The van der Waals surface area contributed by atoms with Crippen molar-refractivity contribution in [3.63, 3.8) is 0 Å². The van der Waals surface area contributed by atoms with E-state index in [-0.39, 0.29) is 18.2 Å². The molecule has 2 aromatic rings. The molecule has 0 aromatic heterocycles. The SMILES string of the molecule is N=C1/C(=C\c2ccc3c(c2)OCO3)C(=O)N=C2SC(SCCOc3ccccc3)=NN12. The van der Waals surface area contributed by atoms with E-state index < -0.39 is 5.91 Å². The first-order valence-corrected chi connectivity index (χ1v) is 11.2. The average Bonchev–Trinajstić information content (AvgIpc) is 3.41. The topological polar surface area (TPSA) is 96.6 Å². The highest BCUT2D eigenvalue weighted by molar-refractivity contribution is 8.45. The molecule has 0 atom stereocenters. The molecular formula is C21H16N4O4S2.